The summed E-state index contributed by atoms with van der Waals surface area (Å²) in [7, 11) is 0. The fraction of sp³-hybridized carbons (Fsp3) is 0.417. The minimum absolute atomic E-state index is 0.544. The molecule has 0 saturated carbocycles. The predicted octanol–water partition coefficient (Wildman–Crippen LogP) is 2.00. The number of hydrogen-bond acceptors (Lipinski definition) is 3. The molecule has 4 heteroatoms. The second-order valence-electron chi connectivity index (χ2n) is 4.11. The van der Waals surface area contributed by atoms with Crippen LogP contribution in [0.25, 0.3) is 0 Å². The zero-order chi connectivity index (χ0) is 11.5. The first-order valence-corrected chi connectivity index (χ1v) is 5.77. The van der Waals surface area contributed by atoms with Crippen LogP contribution in [0.5, 0.6) is 0 Å². The maximum atomic E-state index is 9.07. The molecule has 1 aromatic rings. The average molecular weight is 236 g/mol. The van der Waals surface area contributed by atoms with Gasteiger partial charge < -0.3 is 10.6 Å². The summed E-state index contributed by atoms with van der Waals surface area (Å²) in [5.74, 6) is 0.544. The van der Waals surface area contributed by atoms with Gasteiger partial charge in [0.05, 0.1) is 11.3 Å². The molecular weight excluding hydrogens is 222 g/mol. The Kier molecular flexibility index (Phi) is 3.33. The standard InChI is InChI=1S/C12H14ClN3/c13-11-1-2-12(10(5-11)7-15)16-4-3-9(6-14)8-16/h1-2,5,9H,3-4,6,8,14H2. The van der Waals surface area contributed by atoms with Gasteiger partial charge in [0.1, 0.15) is 6.07 Å². The van der Waals surface area contributed by atoms with Gasteiger partial charge in [-0.1, -0.05) is 11.6 Å². The largest absolute Gasteiger partial charge is 0.370 e. The maximum absolute atomic E-state index is 9.07. The summed E-state index contributed by atoms with van der Waals surface area (Å²) in [6, 6.07) is 7.65. The van der Waals surface area contributed by atoms with Crippen LogP contribution in [-0.2, 0) is 0 Å². The SMILES string of the molecule is N#Cc1cc(Cl)ccc1N1CCC(CN)C1. The Labute approximate surface area is 100 Å². The molecule has 2 rings (SSSR count). The highest BCUT2D eigenvalue weighted by atomic mass is 35.5. The average Bonchev–Trinajstić information content (AvgIpc) is 2.77. The molecule has 1 aliphatic heterocycles. The van der Waals surface area contributed by atoms with Crippen molar-refractivity contribution in [2.45, 2.75) is 6.42 Å². The number of nitrogens with zero attached hydrogens (tertiary/aromatic N) is 2. The Balaban J connectivity index is 2.25. The second-order valence-corrected chi connectivity index (χ2v) is 4.55. The van der Waals surface area contributed by atoms with Gasteiger partial charge in [0.25, 0.3) is 0 Å². The summed E-state index contributed by atoms with van der Waals surface area (Å²) in [4.78, 5) is 2.21. The molecule has 0 radical (unpaired) electrons. The van der Waals surface area contributed by atoms with E-state index in [1.54, 1.807) is 6.07 Å². The first-order valence-electron chi connectivity index (χ1n) is 5.39. The lowest BCUT2D eigenvalue weighted by Gasteiger charge is -2.19. The van der Waals surface area contributed by atoms with Crippen molar-refractivity contribution in [3.8, 4) is 6.07 Å². The molecule has 16 heavy (non-hydrogen) atoms. The van der Waals surface area contributed by atoms with E-state index < -0.39 is 0 Å². The molecule has 1 aromatic carbocycles. The molecule has 3 nitrogen and oxygen atoms in total. The third kappa shape index (κ3) is 2.13. The fourth-order valence-corrected chi connectivity index (χ4v) is 2.29. The number of anilines is 1. The molecule has 84 valence electrons. The van der Waals surface area contributed by atoms with Crippen molar-refractivity contribution in [3.05, 3.63) is 28.8 Å². The van der Waals surface area contributed by atoms with Gasteiger partial charge in [-0.05, 0) is 37.1 Å². The van der Waals surface area contributed by atoms with Crippen LogP contribution in [-0.4, -0.2) is 19.6 Å². The van der Waals surface area contributed by atoms with Gasteiger partial charge in [0.2, 0.25) is 0 Å². The van der Waals surface area contributed by atoms with Crippen molar-refractivity contribution >= 4 is 17.3 Å². The monoisotopic (exact) mass is 235 g/mol. The number of rotatable bonds is 2. The van der Waals surface area contributed by atoms with E-state index in [4.69, 9.17) is 22.6 Å². The van der Waals surface area contributed by atoms with Gasteiger partial charge >= 0.3 is 0 Å². The molecule has 0 aliphatic carbocycles. The molecule has 1 unspecified atom stereocenters. The van der Waals surface area contributed by atoms with E-state index in [1.807, 2.05) is 12.1 Å². The minimum Gasteiger partial charge on any atom is -0.370 e. The van der Waals surface area contributed by atoms with Crippen molar-refractivity contribution in [1.82, 2.24) is 0 Å². The summed E-state index contributed by atoms with van der Waals surface area (Å²) in [5.41, 5.74) is 7.27. The fourth-order valence-electron chi connectivity index (χ4n) is 2.12. The summed E-state index contributed by atoms with van der Waals surface area (Å²) in [6.07, 6.45) is 1.10. The Bertz CT molecular complexity index is 425. The number of benzene rings is 1. The predicted molar refractivity (Wildman–Crippen MR) is 65.5 cm³/mol. The summed E-state index contributed by atoms with van der Waals surface area (Å²) < 4.78 is 0. The Morgan fingerprint density at radius 1 is 1.56 bits per heavy atom. The Morgan fingerprint density at radius 3 is 3.00 bits per heavy atom. The molecule has 0 aromatic heterocycles. The van der Waals surface area contributed by atoms with Crippen LogP contribution in [0.3, 0.4) is 0 Å². The molecule has 1 saturated heterocycles. The molecule has 1 fully saturated rings. The minimum atomic E-state index is 0.544. The third-order valence-corrected chi connectivity index (χ3v) is 3.27. The van der Waals surface area contributed by atoms with Crippen molar-refractivity contribution in [3.63, 3.8) is 0 Å². The highest BCUT2D eigenvalue weighted by molar-refractivity contribution is 6.30. The molecule has 1 aliphatic rings. The quantitative estimate of drug-likeness (QED) is 0.853. The Hall–Kier alpha value is -1.24. The van der Waals surface area contributed by atoms with E-state index in [-0.39, 0.29) is 0 Å². The summed E-state index contributed by atoms with van der Waals surface area (Å²) in [5, 5.41) is 9.67. The zero-order valence-corrected chi connectivity index (χ0v) is 9.74. The van der Waals surface area contributed by atoms with Crippen LogP contribution >= 0.6 is 11.6 Å². The number of halogens is 1. The topological polar surface area (TPSA) is 53.0 Å². The molecule has 1 atom stereocenters. The maximum Gasteiger partial charge on any atom is 0.101 e. The highest BCUT2D eigenvalue weighted by Crippen LogP contribution is 2.28. The smallest absolute Gasteiger partial charge is 0.101 e. The van der Waals surface area contributed by atoms with Gasteiger partial charge in [0, 0.05) is 18.1 Å². The van der Waals surface area contributed by atoms with Crippen molar-refractivity contribution in [1.29, 1.82) is 5.26 Å². The van der Waals surface area contributed by atoms with Gasteiger partial charge in [-0.2, -0.15) is 5.26 Å². The van der Waals surface area contributed by atoms with Gasteiger partial charge in [-0.3, -0.25) is 0 Å². The lowest BCUT2D eigenvalue weighted by molar-refractivity contribution is 0.602. The molecule has 0 bridgehead atoms. The van der Waals surface area contributed by atoms with Crippen LogP contribution in [0.1, 0.15) is 12.0 Å². The van der Waals surface area contributed by atoms with Gasteiger partial charge in [-0.15, -0.1) is 0 Å². The normalized spacial score (nSPS) is 19.8. The van der Waals surface area contributed by atoms with Crippen molar-refractivity contribution < 1.29 is 0 Å². The first kappa shape index (κ1) is 11.3. The van der Waals surface area contributed by atoms with E-state index in [0.29, 0.717) is 23.0 Å². The highest BCUT2D eigenvalue weighted by Gasteiger charge is 2.23. The van der Waals surface area contributed by atoms with E-state index in [0.717, 1.165) is 25.2 Å². The van der Waals surface area contributed by atoms with Crippen molar-refractivity contribution in [2.75, 3.05) is 24.5 Å². The first-order chi connectivity index (χ1) is 7.74. The van der Waals surface area contributed by atoms with E-state index in [2.05, 4.69) is 11.0 Å². The molecule has 2 N–H and O–H groups in total. The molecule has 1 heterocycles. The molecular formula is C12H14ClN3. The Morgan fingerprint density at radius 2 is 2.38 bits per heavy atom. The molecule has 0 spiro atoms. The number of nitrogens with two attached hydrogens (primary N) is 1. The summed E-state index contributed by atoms with van der Waals surface area (Å²) >= 11 is 5.87. The lowest BCUT2D eigenvalue weighted by Crippen LogP contribution is -2.23. The van der Waals surface area contributed by atoms with Gasteiger partial charge in [0.15, 0.2) is 0 Å². The van der Waals surface area contributed by atoms with E-state index >= 15 is 0 Å². The van der Waals surface area contributed by atoms with Crippen LogP contribution in [0.4, 0.5) is 5.69 Å². The van der Waals surface area contributed by atoms with E-state index in [1.165, 1.54) is 0 Å². The van der Waals surface area contributed by atoms with Crippen LogP contribution < -0.4 is 10.6 Å². The van der Waals surface area contributed by atoms with Crippen LogP contribution in [0.2, 0.25) is 5.02 Å². The third-order valence-electron chi connectivity index (χ3n) is 3.04. The van der Waals surface area contributed by atoms with E-state index in [9.17, 15) is 0 Å². The van der Waals surface area contributed by atoms with Crippen molar-refractivity contribution in [2.24, 2.45) is 11.7 Å². The van der Waals surface area contributed by atoms with Crippen LogP contribution in [0, 0.1) is 17.2 Å². The summed E-state index contributed by atoms with van der Waals surface area (Å²) in [6.45, 7) is 2.62. The van der Waals surface area contributed by atoms with Gasteiger partial charge in [-0.25, -0.2) is 0 Å². The lowest BCUT2D eigenvalue weighted by atomic mass is 10.1. The zero-order valence-electron chi connectivity index (χ0n) is 8.99. The van der Waals surface area contributed by atoms with Crippen LogP contribution in [0.15, 0.2) is 18.2 Å². The number of nitriles is 1. The second kappa shape index (κ2) is 4.73. The number of hydrogen-bond donors (Lipinski definition) is 1. The molecule has 0 amide bonds.